The molecule has 0 aliphatic carbocycles. The quantitative estimate of drug-likeness (QED) is 0.0162. The first-order valence-electron chi connectivity index (χ1n) is 38.5. The number of benzene rings is 8. The average Bonchev–Trinajstić information content (AvgIpc) is 1.72. The van der Waals surface area contributed by atoms with Gasteiger partial charge >= 0.3 is 127 Å². The summed E-state index contributed by atoms with van der Waals surface area (Å²) >= 11 is 3.10. The van der Waals surface area contributed by atoms with E-state index in [9.17, 15) is 71.9 Å². The van der Waals surface area contributed by atoms with Crippen molar-refractivity contribution >= 4 is 93.0 Å². The van der Waals surface area contributed by atoms with E-state index in [1.165, 1.54) is 30.4 Å². The molecular formula is C94H91BrF12K2N4O11Si3. The predicted octanol–water partition coefficient (Wildman–Crippen LogP) is 14.7. The van der Waals surface area contributed by atoms with Crippen LogP contribution < -0.4 is 147 Å². The van der Waals surface area contributed by atoms with Crippen LogP contribution in [-0.2, 0) is 106 Å². The minimum Gasteiger partial charge on any atom is -1.00 e. The van der Waals surface area contributed by atoms with Gasteiger partial charge in [0.1, 0.15) is 73.6 Å². The zero-order valence-corrected chi connectivity index (χ0v) is 82.7. The Bertz CT molecular complexity index is 5410. The number of anilines is 4. The molecule has 8 aromatic rings. The molecule has 0 fully saturated rings. The van der Waals surface area contributed by atoms with Crippen molar-refractivity contribution in [3.8, 4) is 70.2 Å². The van der Waals surface area contributed by atoms with Gasteiger partial charge in [0.05, 0.1) is 45.0 Å². The molecule has 0 saturated carbocycles. The maximum Gasteiger partial charge on any atom is 1.00 e. The number of hydrogen-bond donors (Lipinski definition) is 0. The predicted molar refractivity (Wildman–Crippen MR) is 470 cm³/mol. The number of rotatable bonds is 17. The first-order chi connectivity index (χ1) is 58.5. The van der Waals surface area contributed by atoms with Crippen LogP contribution >= 0.6 is 15.9 Å². The van der Waals surface area contributed by atoms with E-state index in [0.29, 0.717) is 113 Å². The Balaban J connectivity index is 0.000000342. The van der Waals surface area contributed by atoms with Gasteiger partial charge in [-0.15, -0.1) is 29.5 Å². The van der Waals surface area contributed by atoms with Crippen LogP contribution in [0.2, 0.25) is 58.9 Å². The molecular weight excluding hydrogens is 1830 g/mol. The van der Waals surface area contributed by atoms with E-state index in [2.05, 4.69) is 101 Å². The number of halogens is 13. The summed E-state index contributed by atoms with van der Waals surface area (Å²) in [6.45, 7) is 34.4. The molecule has 0 N–H and O–H groups in total. The summed E-state index contributed by atoms with van der Waals surface area (Å²) in [6, 6.07) is 36.1. The number of carbonyl (C=O) groups is 5. The van der Waals surface area contributed by atoms with Crippen LogP contribution in [0.3, 0.4) is 0 Å². The molecule has 0 aromatic heterocycles. The van der Waals surface area contributed by atoms with Gasteiger partial charge in [-0.25, -0.2) is 0 Å². The van der Waals surface area contributed by atoms with Gasteiger partial charge in [-0.3, -0.25) is 24.0 Å². The smallest absolute Gasteiger partial charge is 1.00 e. The van der Waals surface area contributed by atoms with Crippen LogP contribution in [0.4, 0.5) is 75.4 Å². The number of nitrogens with zero attached hydrogens (tertiary/aromatic N) is 4. The Hall–Kier alpha value is -8.97. The number of terminal acetylenes is 2. The Morgan fingerprint density at radius 3 is 0.874 bits per heavy atom. The summed E-state index contributed by atoms with van der Waals surface area (Å²) in [6.07, 6.45) is 0.00270. The molecule has 15 nitrogen and oxygen atoms in total. The standard InChI is InChI=1S/2C24H24F3NO2Si.C21H16F3NO2.C19H15BrF3NO2.C5H10Si.CH2O3.2K.H/c2*1-5-23(29)28-11-9-20-21(28)7-6-8-22(20)30-16-18-13-17(10-12-31(2,3)4)14-19(15-18)24(25,26)27;1-3-14-10-15(12-16(11-14)21(22,23)24)13-27-19-7-5-6-18-17(19)8-9-25(18)20(26)4-2;1-2-18(25)24-7-6-15-16(24)4-3-5-17(15)26-11-12-8-13(19(21,22)23)10-14(20)9-12;1-5-6(2,3)4;2-1-4-3;;;/h2*5-8,13-15H,1,9,11,16H2,2-4H3;1,4-7,10-12H,2,8-9,13H2;2-5,8-10H,1,6-7,11H2;1H,2-4H3;1,3H;;;/q;;;;;;2*+1;-1/p-1. The topological polar surface area (TPSA) is 168 Å². The number of ether oxygens (including phenoxy) is 4. The van der Waals surface area contributed by atoms with Crippen molar-refractivity contribution in [2.24, 2.45) is 0 Å². The largest absolute Gasteiger partial charge is 1.00 e. The zero-order valence-electron chi connectivity index (χ0n) is 72.9. The third kappa shape index (κ3) is 32.9. The first kappa shape index (κ1) is 109. The minimum absolute atomic E-state index is 0. The molecule has 0 radical (unpaired) electrons. The summed E-state index contributed by atoms with van der Waals surface area (Å²) in [5.41, 5.74) is 14.7. The molecule has 0 atom stereocenters. The molecule has 4 heterocycles. The third-order valence-corrected chi connectivity index (χ3v) is 21.4. The molecule has 0 unspecified atom stereocenters. The van der Waals surface area contributed by atoms with Crippen LogP contribution in [0.25, 0.3) is 0 Å². The number of hydrogen-bond acceptors (Lipinski definition) is 11. The number of amides is 4. The molecule has 0 saturated heterocycles. The maximum absolute atomic E-state index is 13.4. The summed E-state index contributed by atoms with van der Waals surface area (Å²) in [5, 5.41) is 8.43. The van der Waals surface area contributed by atoms with Crippen LogP contribution in [0.5, 0.6) is 23.0 Å². The van der Waals surface area contributed by atoms with Crippen LogP contribution in [0.1, 0.15) is 84.9 Å². The van der Waals surface area contributed by atoms with Gasteiger partial charge in [0.15, 0.2) is 0 Å². The van der Waals surface area contributed by atoms with Gasteiger partial charge in [-0.2, -0.15) is 52.7 Å². The SMILES string of the molecule is C#C[Si](C)(C)C.C#Cc1cc(COc2cccc3c2CCN3C(=O)C=C)cc(C(F)(F)F)c1.C=CC(=O)N1CCc2c(OCc3cc(Br)cc(C(F)(F)F)c3)cccc21.C=CC(=O)N1CCc2c(OCc3cc(C#C[Si](C)(C)C)cc(C(F)(F)F)c3)cccc21.C=CC(=O)N1CCc2c(OCc3cc(C#C[Si](C)(C)C)cc(C(F)(F)F)c3)cccc21.O=CO[O-].[H-].[K+].[K+]. The molecule has 4 aliphatic heterocycles. The molecule has 658 valence electrons. The Morgan fingerprint density at radius 2 is 0.654 bits per heavy atom. The van der Waals surface area contributed by atoms with Gasteiger partial charge in [-0.1, -0.05) is 143 Å². The summed E-state index contributed by atoms with van der Waals surface area (Å²) in [5.74, 6) is 9.47. The van der Waals surface area contributed by atoms with Gasteiger partial charge < -0.3 is 50.1 Å². The number of fused-ring (bicyclic) bond motifs is 4. The molecule has 12 rings (SSSR count). The van der Waals surface area contributed by atoms with E-state index in [1.807, 2.05) is 57.5 Å². The molecule has 4 amide bonds. The van der Waals surface area contributed by atoms with Gasteiger partial charge in [0.25, 0.3) is 6.47 Å². The van der Waals surface area contributed by atoms with Crippen molar-refractivity contribution in [1.82, 2.24) is 0 Å². The van der Waals surface area contributed by atoms with Crippen LogP contribution in [0, 0.1) is 47.2 Å². The Labute approximate surface area is 829 Å². The van der Waals surface area contributed by atoms with Crippen molar-refractivity contribution in [3.63, 3.8) is 0 Å². The second-order valence-electron chi connectivity index (χ2n) is 31.3. The fourth-order valence-corrected chi connectivity index (χ4v) is 14.2. The summed E-state index contributed by atoms with van der Waals surface area (Å²) < 4.78 is 182. The number of alkyl halides is 12. The van der Waals surface area contributed by atoms with Gasteiger partial charge in [-0.05, 0) is 194 Å². The number of carbonyl (C=O) groups excluding carboxylic acids is 5. The fourth-order valence-electron chi connectivity index (χ4n) is 12.6. The summed E-state index contributed by atoms with van der Waals surface area (Å²) in [7, 11) is -4.57. The van der Waals surface area contributed by atoms with Crippen molar-refractivity contribution in [2.45, 2.75) is 136 Å². The van der Waals surface area contributed by atoms with Crippen molar-refractivity contribution in [3.05, 3.63) is 284 Å². The van der Waals surface area contributed by atoms with E-state index in [4.69, 9.17) is 41.8 Å². The van der Waals surface area contributed by atoms with E-state index >= 15 is 0 Å². The van der Waals surface area contributed by atoms with Crippen LogP contribution in [0.15, 0.2) is 201 Å². The van der Waals surface area contributed by atoms with Gasteiger partial charge in [0, 0.05) is 69.6 Å². The van der Waals surface area contributed by atoms with Crippen molar-refractivity contribution in [1.29, 1.82) is 0 Å². The second kappa shape index (κ2) is 48.1. The molecule has 0 bridgehead atoms. The second-order valence-corrected chi connectivity index (χ2v) is 46.5. The zero-order chi connectivity index (χ0) is 92.7. The Morgan fingerprint density at radius 1 is 0.417 bits per heavy atom. The summed E-state index contributed by atoms with van der Waals surface area (Å²) in [4.78, 5) is 65.5. The van der Waals surface area contributed by atoms with Gasteiger partial charge in [0.2, 0.25) is 23.6 Å². The van der Waals surface area contributed by atoms with E-state index in [0.717, 1.165) is 93.5 Å². The molecule has 8 aromatic carbocycles. The van der Waals surface area contributed by atoms with E-state index in [-0.39, 0.29) is 166 Å². The Kier molecular flexibility index (Phi) is 41.1. The monoisotopic (exact) mass is 1920 g/mol. The minimum atomic E-state index is -4.48. The van der Waals surface area contributed by atoms with Crippen molar-refractivity contribution in [2.75, 3.05) is 45.8 Å². The normalized spacial score (nSPS) is 12.7. The molecule has 4 aliphatic rings. The van der Waals surface area contributed by atoms with Crippen molar-refractivity contribution < 1.29 is 210 Å². The maximum atomic E-state index is 13.4. The molecule has 127 heavy (non-hydrogen) atoms. The first-order valence-corrected chi connectivity index (χ1v) is 49.8. The van der Waals surface area contributed by atoms with E-state index < -0.39 is 71.2 Å². The fraction of sp³-hybridized carbons (Fsp3) is 0.266. The van der Waals surface area contributed by atoms with E-state index in [1.54, 1.807) is 92.4 Å². The molecule has 33 heteroatoms. The third-order valence-electron chi connectivity index (χ3n) is 18.3. The van der Waals surface area contributed by atoms with Crippen LogP contribution in [-0.4, -0.2) is 80.5 Å². The average molecular weight is 1920 g/mol. The molecule has 0 spiro atoms.